The molecular formula is C12H15NO3Si. The third-order valence-electron chi connectivity index (χ3n) is 2.57. The Kier molecular flexibility index (Phi) is 2.78. The van der Waals surface area contributed by atoms with Gasteiger partial charge in [-0.3, -0.25) is 4.98 Å². The summed E-state index contributed by atoms with van der Waals surface area (Å²) in [7, 11) is -0.180. The van der Waals surface area contributed by atoms with Crippen molar-refractivity contribution >= 4 is 30.4 Å². The maximum Gasteiger partial charge on any atom is 0.343 e. The van der Waals surface area contributed by atoms with Crippen LogP contribution in [0.5, 0.6) is 0 Å². The fourth-order valence-electron chi connectivity index (χ4n) is 1.59. The fourth-order valence-corrected chi connectivity index (χ4v) is 2.58. The number of methoxy groups -OCH3 is 1. The first kappa shape index (κ1) is 11.9. The van der Waals surface area contributed by atoms with Crippen LogP contribution in [0.25, 0.3) is 11.0 Å². The van der Waals surface area contributed by atoms with Crippen LogP contribution in [0.3, 0.4) is 0 Å². The van der Waals surface area contributed by atoms with Gasteiger partial charge < -0.3 is 9.15 Å². The predicted molar refractivity (Wildman–Crippen MR) is 68.3 cm³/mol. The van der Waals surface area contributed by atoms with Gasteiger partial charge in [0.15, 0.2) is 5.58 Å². The lowest BCUT2D eigenvalue weighted by atomic mass is 10.2. The molecular weight excluding hydrogens is 234 g/mol. The molecule has 0 amide bonds. The second-order valence-electron chi connectivity index (χ2n) is 4.96. The molecule has 0 saturated carbocycles. The highest BCUT2D eigenvalue weighted by molar-refractivity contribution is 6.87. The molecule has 0 aliphatic heterocycles. The number of esters is 1. The number of carbonyl (C=O) groups is 1. The zero-order valence-electron chi connectivity index (χ0n) is 10.4. The number of fused-ring (bicyclic) bond motifs is 1. The molecule has 2 aromatic rings. The summed E-state index contributed by atoms with van der Waals surface area (Å²) in [5.41, 5.74) is 0.957. The minimum atomic E-state index is -1.53. The molecule has 0 aliphatic rings. The van der Waals surface area contributed by atoms with Gasteiger partial charge in [-0.05, 0) is 6.07 Å². The van der Waals surface area contributed by atoms with E-state index in [0.717, 1.165) is 10.8 Å². The molecule has 0 aromatic carbocycles. The Morgan fingerprint density at radius 2 is 2.06 bits per heavy atom. The van der Waals surface area contributed by atoms with Crippen LogP contribution < -0.4 is 5.38 Å². The Morgan fingerprint density at radius 1 is 1.35 bits per heavy atom. The first-order valence-corrected chi connectivity index (χ1v) is 8.90. The lowest BCUT2D eigenvalue weighted by molar-refractivity contribution is 0.0601. The van der Waals surface area contributed by atoms with Crippen molar-refractivity contribution in [3.63, 3.8) is 0 Å². The van der Waals surface area contributed by atoms with E-state index in [1.807, 2.05) is 6.07 Å². The van der Waals surface area contributed by atoms with Crippen LogP contribution in [0.1, 0.15) is 10.4 Å². The van der Waals surface area contributed by atoms with E-state index in [1.54, 1.807) is 6.20 Å². The van der Waals surface area contributed by atoms with E-state index in [2.05, 4.69) is 24.6 Å². The van der Waals surface area contributed by atoms with E-state index < -0.39 is 14.0 Å². The van der Waals surface area contributed by atoms with Crippen molar-refractivity contribution < 1.29 is 13.9 Å². The summed E-state index contributed by atoms with van der Waals surface area (Å²) in [4.78, 5) is 15.6. The fraction of sp³-hybridized carbons (Fsp3) is 0.333. The van der Waals surface area contributed by atoms with Crippen LogP contribution >= 0.6 is 0 Å². The minimum absolute atomic E-state index is 0.384. The van der Waals surface area contributed by atoms with Gasteiger partial charge in [-0.2, -0.15) is 0 Å². The van der Waals surface area contributed by atoms with Crippen molar-refractivity contribution in [2.45, 2.75) is 19.6 Å². The third kappa shape index (κ3) is 2.10. The standard InChI is InChI=1S/C12H15NO3Si/c1-15-12(14)9-7-13-6-8-5-10(16-11(8)9)17(2,3)4/h5-7H,1-4H3. The molecule has 5 heteroatoms. The number of carbonyl (C=O) groups excluding carboxylic acids is 1. The molecule has 0 bridgehead atoms. The molecule has 2 aromatic heterocycles. The third-order valence-corrected chi connectivity index (χ3v) is 4.29. The Labute approximate surface area is 101 Å². The van der Waals surface area contributed by atoms with E-state index in [4.69, 9.17) is 9.15 Å². The molecule has 0 spiro atoms. The number of rotatable bonds is 2. The monoisotopic (exact) mass is 249 g/mol. The number of pyridine rings is 1. The second kappa shape index (κ2) is 3.99. The Hall–Kier alpha value is -1.62. The van der Waals surface area contributed by atoms with Gasteiger partial charge in [0.25, 0.3) is 0 Å². The van der Waals surface area contributed by atoms with E-state index in [1.165, 1.54) is 13.3 Å². The molecule has 2 heterocycles. The smallest absolute Gasteiger partial charge is 0.343 e. The zero-order valence-corrected chi connectivity index (χ0v) is 11.4. The van der Waals surface area contributed by atoms with Crippen LogP contribution in [0.2, 0.25) is 19.6 Å². The number of furan rings is 1. The Morgan fingerprint density at radius 3 is 2.65 bits per heavy atom. The molecule has 90 valence electrons. The van der Waals surface area contributed by atoms with Crippen molar-refractivity contribution in [1.29, 1.82) is 0 Å². The van der Waals surface area contributed by atoms with Crippen molar-refractivity contribution in [3.8, 4) is 0 Å². The molecule has 2 rings (SSSR count). The van der Waals surface area contributed by atoms with Gasteiger partial charge in [0.05, 0.1) is 12.5 Å². The Bertz CT molecular complexity index is 569. The van der Waals surface area contributed by atoms with Gasteiger partial charge in [0.2, 0.25) is 0 Å². The van der Waals surface area contributed by atoms with Crippen LogP contribution in [0, 0.1) is 0 Å². The first-order chi connectivity index (χ1) is 7.93. The van der Waals surface area contributed by atoms with Crippen molar-refractivity contribution in [3.05, 3.63) is 24.0 Å². The van der Waals surface area contributed by atoms with Gasteiger partial charge in [0.1, 0.15) is 13.6 Å². The molecule has 0 N–H and O–H groups in total. The molecule has 0 radical (unpaired) electrons. The average Bonchev–Trinajstić information content (AvgIpc) is 2.71. The Balaban J connectivity index is 2.65. The molecule has 0 aliphatic carbocycles. The van der Waals surface area contributed by atoms with E-state index >= 15 is 0 Å². The quantitative estimate of drug-likeness (QED) is 0.604. The molecule has 17 heavy (non-hydrogen) atoms. The van der Waals surface area contributed by atoms with Crippen LogP contribution in [0.15, 0.2) is 22.9 Å². The van der Waals surface area contributed by atoms with Crippen molar-refractivity contribution in [1.82, 2.24) is 4.98 Å². The maximum atomic E-state index is 11.6. The lowest BCUT2D eigenvalue weighted by Gasteiger charge is -2.10. The second-order valence-corrected chi connectivity index (χ2v) is 9.95. The van der Waals surface area contributed by atoms with Gasteiger partial charge in [0, 0.05) is 17.8 Å². The van der Waals surface area contributed by atoms with Crippen LogP contribution in [-0.4, -0.2) is 26.1 Å². The largest absolute Gasteiger partial charge is 0.465 e. The maximum absolute atomic E-state index is 11.6. The summed E-state index contributed by atoms with van der Waals surface area (Å²) >= 11 is 0. The number of aromatic nitrogens is 1. The molecule has 4 nitrogen and oxygen atoms in total. The zero-order chi connectivity index (χ0) is 12.6. The predicted octanol–water partition coefficient (Wildman–Crippen LogP) is 2.16. The first-order valence-electron chi connectivity index (χ1n) is 5.40. The van der Waals surface area contributed by atoms with Gasteiger partial charge >= 0.3 is 5.97 Å². The summed E-state index contributed by atoms with van der Waals surface area (Å²) in [6.07, 6.45) is 3.18. The molecule has 0 fully saturated rings. The summed E-state index contributed by atoms with van der Waals surface area (Å²) in [5, 5.41) is 1.82. The lowest BCUT2D eigenvalue weighted by Crippen LogP contribution is -2.36. The highest BCUT2D eigenvalue weighted by Gasteiger charge is 2.23. The normalized spacial score (nSPS) is 11.8. The number of hydrogen-bond acceptors (Lipinski definition) is 4. The summed E-state index contributed by atoms with van der Waals surface area (Å²) in [5.74, 6) is -0.417. The summed E-state index contributed by atoms with van der Waals surface area (Å²) in [6.45, 7) is 6.57. The number of nitrogens with zero attached hydrogens (tertiary/aromatic N) is 1. The van der Waals surface area contributed by atoms with Gasteiger partial charge in [-0.1, -0.05) is 19.6 Å². The van der Waals surface area contributed by atoms with Gasteiger partial charge in [-0.15, -0.1) is 0 Å². The number of hydrogen-bond donors (Lipinski definition) is 0. The highest BCUT2D eigenvalue weighted by atomic mass is 28.3. The SMILES string of the molecule is COC(=O)c1cncc2cc([Si](C)(C)C)oc12. The molecule has 0 unspecified atom stereocenters. The summed E-state index contributed by atoms with van der Waals surface area (Å²) < 4.78 is 10.5. The van der Waals surface area contributed by atoms with Crippen molar-refractivity contribution in [2.24, 2.45) is 0 Å². The van der Waals surface area contributed by atoms with Crippen LogP contribution in [0.4, 0.5) is 0 Å². The van der Waals surface area contributed by atoms with E-state index in [9.17, 15) is 4.79 Å². The number of ether oxygens (including phenoxy) is 1. The average molecular weight is 249 g/mol. The highest BCUT2D eigenvalue weighted by Crippen LogP contribution is 2.20. The molecule has 0 saturated heterocycles. The van der Waals surface area contributed by atoms with Gasteiger partial charge in [-0.25, -0.2) is 4.79 Å². The van der Waals surface area contributed by atoms with E-state index in [0.29, 0.717) is 11.1 Å². The molecule has 0 atom stereocenters. The summed E-state index contributed by atoms with van der Waals surface area (Å²) in [6, 6.07) is 1.97. The topological polar surface area (TPSA) is 52.3 Å². The van der Waals surface area contributed by atoms with E-state index in [-0.39, 0.29) is 0 Å². The minimum Gasteiger partial charge on any atom is -0.465 e. The van der Waals surface area contributed by atoms with Crippen LogP contribution in [-0.2, 0) is 4.74 Å². The van der Waals surface area contributed by atoms with Crippen molar-refractivity contribution in [2.75, 3.05) is 7.11 Å².